The van der Waals surface area contributed by atoms with Crippen molar-refractivity contribution in [1.82, 2.24) is 15.0 Å². The van der Waals surface area contributed by atoms with Crippen molar-refractivity contribution in [2.24, 2.45) is 0 Å². The maximum atomic E-state index is 5.09. The van der Waals surface area contributed by atoms with Crippen LogP contribution >= 0.6 is 0 Å². The van der Waals surface area contributed by atoms with Crippen molar-refractivity contribution >= 4 is 0 Å². The largest absolute Gasteiger partial charge is 0.208 e. The van der Waals surface area contributed by atoms with E-state index >= 15 is 0 Å². The molecule has 0 fully saturated rings. The molecule has 0 aliphatic heterocycles. The lowest BCUT2D eigenvalue weighted by molar-refractivity contribution is 1.07. The molecule has 49 heavy (non-hydrogen) atoms. The van der Waals surface area contributed by atoms with Gasteiger partial charge in [-0.1, -0.05) is 151 Å². The van der Waals surface area contributed by atoms with E-state index in [1.165, 1.54) is 16.7 Å². The van der Waals surface area contributed by atoms with Crippen molar-refractivity contribution in [3.05, 3.63) is 188 Å². The van der Waals surface area contributed by atoms with E-state index in [-0.39, 0.29) is 0 Å². The monoisotopic (exact) mass is 627 g/mol. The van der Waals surface area contributed by atoms with Crippen LogP contribution in [0.3, 0.4) is 0 Å². The van der Waals surface area contributed by atoms with Crippen molar-refractivity contribution in [1.29, 1.82) is 0 Å². The molecule has 0 unspecified atom stereocenters. The fourth-order valence-electron chi connectivity index (χ4n) is 6.16. The van der Waals surface area contributed by atoms with E-state index in [1.807, 2.05) is 60.7 Å². The Bertz CT molecular complexity index is 2090. The SMILES string of the molecule is Cc1ccc(-c2cc(-c3cc(-c4ccccc4)cc(-c4ccccc4)c3)cc(-c3nc(-c4ccccc4)nc(-c4ccccc4)n3)c2)cc1. The lowest BCUT2D eigenvalue weighted by Gasteiger charge is -2.15. The van der Waals surface area contributed by atoms with Crippen LogP contribution in [0.5, 0.6) is 0 Å². The summed E-state index contributed by atoms with van der Waals surface area (Å²) in [4.78, 5) is 15.1. The van der Waals surface area contributed by atoms with E-state index in [9.17, 15) is 0 Å². The molecule has 7 aromatic carbocycles. The van der Waals surface area contributed by atoms with Gasteiger partial charge in [-0.2, -0.15) is 0 Å². The van der Waals surface area contributed by atoms with Crippen molar-refractivity contribution < 1.29 is 0 Å². The van der Waals surface area contributed by atoms with Crippen LogP contribution in [0.15, 0.2) is 182 Å². The van der Waals surface area contributed by atoms with Crippen LogP contribution in [0.4, 0.5) is 0 Å². The Morgan fingerprint density at radius 2 is 0.510 bits per heavy atom. The summed E-state index contributed by atoms with van der Waals surface area (Å²) in [5.74, 6) is 1.92. The molecular formula is C46H33N3. The van der Waals surface area contributed by atoms with Crippen LogP contribution in [-0.2, 0) is 0 Å². The Morgan fingerprint density at radius 1 is 0.245 bits per heavy atom. The fourth-order valence-corrected chi connectivity index (χ4v) is 6.16. The minimum atomic E-state index is 0.630. The van der Waals surface area contributed by atoms with Crippen LogP contribution in [0.25, 0.3) is 78.7 Å². The molecule has 8 rings (SSSR count). The highest BCUT2D eigenvalue weighted by Crippen LogP contribution is 2.37. The van der Waals surface area contributed by atoms with E-state index in [4.69, 9.17) is 15.0 Å². The molecule has 0 N–H and O–H groups in total. The molecule has 0 aliphatic carbocycles. The highest BCUT2D eigenvalue weighted by Gasteiger charge is 2.16. The molecule has 1 aromatic heterocycles. The van der Waals surface area contributed by atoms with Gasteiger partial charge in [0.15, 0.2) is 17.5 Å². The normalized spacial score (nSPS) is 11.0. The highest BCUT2D eigenvalue weighted by atomic mass is 15.0. The van der Waals surface area contributed by atoms with E-state index < -0.39 is 0 Å². The van der Waals surface area contributed by atoms with E-state index in [1.54, 1.807) is 0 Å². The van der Waals surface area contributed by atoms with Crippen LogP contribution in [0.2, 0.25) is 0 Å². The molecule has 0 radical (unpaired) electrons. The second-order valence-corrected chi connectivity index (χ2v) is 12.2. The quantitative estimate of drug-likeness (QED) is 0.176. The molecule has 0 saturated heterocycles. The van der Waals surface area contributed by atoms with Gasteiger partial charge in [-0.15, -0.1) is 0 Å². The third-order valence-electron chi connectivity index (χ3n) is 8.76. The van der Waals surface area contributed by atoms with Gasteiger partial charge in [0.05, 0.1) is 0 Å². The van der Waals surface area contributed by atoms with Gasteiger partial charge in [-0.25, -0.2) is 15.0 Å². The van der Waals surface area contributed by atoms with Gasteiger partial charge in [0, 0.05) is 16.7 Å². The number of rotatable bonds is 7. The van der Waals surface area contributed by atoms with Gasteiger partial charge < -0.3 is 0 Å². The Labute approximate surface area is 287 Å². The first-order chi connectivity index (χ1) is 24.2. The topological polar surface area (TPSA) is 38.7 Å². The average Bonchev–Trinajstić information content (AvgIpc) is 3.19. The maximum absolute atomic E-state index is 5.09. The number of aryl methyl sites for hydroxylation is 1. The molecule has 3 heteroatoms. The molecule has 0 bridgehead atoms. The van der Waals surface area contributed by atoms with Crippen LogP contribution in [0, 0.1) is 6.92 Å². The predicted octanol–water partition coefficient (Wildman–Crippen LogP) is 11.8. The maximum Gasteiger partial charge on any atom is 0.164 e. The lowest BCUT2D eigenvalue weighted by Crippen LogP contribution is -2.00. The van der Waals surface area contributed by atoms with Crippen molar-refractivity contribution in [2.45, 2.75) is 6.92 Å². The molecule has 232 valence electrons. The molecule has 3 nitrogen and oxygen atoms in total. The van der Waals surface area contributed by atoms with Crippen LogP contribution in [-0.4, -0.2) is 15.0 Å². The molecule has 1 heterocycles. The molecule has 0 spiro atoms. The zero-order chi connectivity index (χ0) is 33.0. The van der Waals surface area contributed by atoms with Crippen molar-refractivity contribution in [3.63, 3.8) is 0 Å². The summed E-state index contributed by atoms with van der Waals surface area (Å²) in [7, 11) is 0. The Morgan fingerprint density at radius 3 is 0.878 bits per heavy atom. The van der Waals surface area contributed by atoms with E-state index in [0.29, 0.717) is 17.5 Å². The van der Waals surface area contributed by atoms with Crippen molar-refractivity contribution in [3.8, 4) is 78.7 Å². The third-order valence-corrected chi connectivity index (χ3v) is 8.76. The summed E-state index contributed by atoms with van der Waals surface area (Å²) in [5, 5.41) is 0. The van der Waals surface area contributed by atoms with E-state index in [0.717, 1.165) is 50.1 Å². The molecule has 8 aromatic rings. The Balaban J connectivity index is 1.37. The Kier molecular flexibility index (Phi) is 8.15. The first-order valence-electron chi connectivity index (χ1n) is 16.5. The molecule has 0 saturated carbocycles. The second kappa shape index (κ2) is 13.3. The van der Waals surface area contributed by atoms with Crippen molar-refractivity contribution in [2.75, 3.05) is 0 Å². The zero-order valence-corrected chi connectivity index (χ0v) is 27.2. The Hall–Kier alpha value is -6.45. The summed E-state index contributed by atoms with van der Waals surface area (Å²) >= 11 is 0. The summed E-state index contributed by atoms with van der Waals surface area (Å²) in [5.41, 5.74) is 13.2. The van der Waals surface area contributed by atoms with Crippen LogP contribution in [0.1, 0.15) is 5.56 Å². The summed E-state index contributed by atoms with van der Waals surface area (Å²) in [6, 6.07) is 63.7. The molecular weight excluding hydrogens is 595 g/mol. The van der Waals surface area contributed by atoms with Crippen LogP contribution < -0.4 is 0 Å². The highest BCUT2D eigenvalue weighted by molar-refractivity contribution is 5.85. The lowest BCUT2D eigenvalue weighted by atomic mass is 9.91. The molecule has 0 atom stereocenters. The first-order valence-corrected chi connectivity index (χ1v) is 16.5. The number of benzene rings is 7. The van der Waals surface area contributed by atoms with Gasteiger partial charge in [0.1, 0.15) is 0 Å². The average molecular weight is 628 g/mol. The molecule has 0 aliphatic rings. The fraction of sp³-hybridized carbons (Fsp3) is 0.0217. The standard InChI is InChI=1S/C46H33N3/c1-32-22-24-35(25-23-32)40-29-42(41-27-38(33-14-6-2-7-15-33)26-39(28-41)34-16-8-3-9-17-34)31-43(30-40)46-48-44(36-18-10-4-11-19-36)47-45(49-46)37-20-12-5-13-21-37/h2-31H,1H3. The number of hydrogen-bond donors (Lipinski definition) is 0. The minimum Gasteiger partial charge on any atom is -0.208 e. The summed E-state index contributed by atoms with van der Waals surface area (Å²) < 4.78 is 0. The summed E-state index contributed by atoms with van der Waals surface area (Å²) in [6.45, 7) is 2.12. The van der Waals surface area contributed by atoms with Gasteiger partial charge in [0.25, 0.3) is 0 Å². The van der Waals surface area contributed by atoms with Gasteiger partial charge in [-0.3, -0.25) is 0 Å². The third kappa shape index (κ3) is 6.56. The molecule has 0 amide bonds. The van der Waals surface area contributed by atoms with Gasteiger partial charge in [-0.05, 0) is 87.8 Å². The first kappa shape index (κ1) is 29.9. The van der Waals surface area contributed by atoms with Gasteiger partial charge >= 0.3 is 0 Å². The smallest absolute Gasteiger partial charge is 0.164 e. The predicted molar refractivity (Wildman–Crippen MR) is 203 cm³/mol. The van der Waals surface area contributed by atoms with Gasteiger partial charge in [0.2, 0.25) is 0 Å². The number of nitrogens with zero attached hydrogens (tertiary/aromatic N) is 3. The van der Waals surface area contributed by atoms with E-state index in [2.05, 4.69) is 128 Å². The number of aromatic nitrogens is 3. The minimum absolute atomic E-state index is 0.630. The number of hydrogen-bond acceptors (Lipinski definition) is 3. The summed E-state index contributed by atoms with van der Waals surface area (Å²) in [6.07, 6.45) is 0. The zero-order valence-electron chi connectivity index (χ0n) is 27.2. The second-order valence-electron chi connectivity index (χ2n) is 12.2.